The van der Waals surface area contributed by atoms with Crippen molar-refractivity contribution in [2.24, 2.45) is 0 Å². The van der Waals surface area contributed by atoms with Crippen LogP contribution in [0.4, 0.5) is 0 Å². The van der Waals surface area contributed by atoms with Gasteiger partial charge < -0.3 is 0 Å². The first-order valence-electron chi connectivity index (χ1n) is 6.84. The molecular weight excluding hydrogens is 252 g/mol. The maximum absolute atomic E-state index is 12.4. The minimum atomic E-state index is 0.268. The second-order valence-corrected chi connectivity index (χ2v) is 6.65. The molecule has 0 radical (unpaired) electrons. The summed E-state index contributed by atoms with van der Waals surface area (Å²) in [4.78, 5) is 14.7. The van der Waals surface area contributed by atoms with E-state index in [4.69, 9.17) is 0 Å². The minimum absolute atomic E-state index is 0.268. The Kier molecular flexibility index (Phi) is 3.28. The molecule has 0 amide bonds. The van der Waals surface area contributed by atoms with Gasteiger partial charge in [0.1, 0.15) is 0 Å². The van der Waals surface area contributed by atoms with Crippen LogP contribution in [-0.4, -0.2) is 5.78 Å². The van der Waals surface area contributed by atoms with E-state index in [2.05, 4.69) is 38.1 Å². The van der Waals surface area contributed by atoms with Gasteiger partial charge >= 0.3 is 0 Å². The van der Waals surface area contributed by atoms with E-state index in [1.807, 2.05) is 0 Å². The molecule has 0 unspecified atom stereocenters. The normalized spacial score (nSPS) is 13.6. The molecule has 1 aromatic heterocycles. The van der Waals surface area contributed by atoms with Crippen molar-refractivity contribution in [3.8, 4) is 0 Å². The number of aryl methyl sites for hydroxylation is 4. The zero-order chi connectivity index (χ0) is 13.4. The first-order chi connectivity index (χ1) is 9.11. The van der Waals surface area contributed by atoms with Crippen LogP contribution in [0.1, 0.15) is 43.2 Å². The highest BCUT2D eigenvalue weighted by molar-refractivity contribution is 7.14. The van der Waals surface area contributed by atoms with Gasteiger partial charge in [0.25, 0.3) is 0 Å². The van der Waals surface area contributed by atoms with Crippen LogP contribution in [0.25, 0.3) is 0 Å². The molecule has 1 aromatic carbocycles. The molecule has 0 N–H and O–H groups in total. The Labute approximate surface area is 118 Å². The molecule has 3 rings (SSSR count). The molecule has 1 aliphatic rings. The van der Waals surface area contributed by atoms with Crippen molar-refractivity contribution < 1.29 is 4.79 Å². The molecule has 2 aromatic rings. The first kappa shape index (κ1) is 12.6. The number of rotatable bonds is 3. The van der Waals surface area contributed by atoms with Crippen molar-refractivity contribution in [2.75, 3.05) is 0 Å². The van der Waals surface area contributed by atoms with E-state index < -0.39 is 0 Å². The maximum atomic E-state index is 12.4. The molecular formula is C17H18OS. The molecule has 0 spiro atoms. The Balaban J connectivity index is 1.80. The number of fused-ring (bicyclic) bond motifs is 1. The van der Waals surface area contributed by atoms with Gasteiger partial charge in [0.2, 0.25) is 0 Å². The standard InChI is InChI=1S/C17H18OS/c1-11-6-12(2)8-13(7-11)9-15(18)17-10-14-4-3-5-16(14)19-17/h6-8,10H,3-5,9H2,1-2H3. The summed E-state index contributed by atoms with van der Waals surface area (Å²) in [6, 6.07) is 8.50. The first-order valence-corrected chi connectivity index (χ1v) is 7.65. The van der Waals surface area contributed by atoms with Crippen molar-refractivity contribution in [1.29, 1.82) is 0 Å². The Morgan fingerprint density at radius 1 is 1.11 bits per heavy atom. The topological polar surface area (TPSA) is 17.1 Å². The predicted molar refractivity (Wildman–Crippen MR) is 80.3 cm³/mol. The van der Waals surface area contributed by atoms with Gasteiger partial charge in [-0.15, -0.1) is 11.3 Å². The average Bonchev–Trinajstić information content (AvgIpc) is 2.86. The highest BCUT2D eigenvalue weighted by Gasteiger charge is 2.18. The van der Waals surface area contributed by atoms with Crippen LogP contribution in [0, 0.1) is 13.8 Å². The van der Waals surface area contributed by atoms with Crippen LogP contribution in [0.2, 0.25) is 0 Å². The van der Waals surface area contributed by atoms with Crippen molar-refractivity contribution in [3.63, 3.8) is 0 Å². The fourth-order valence-corrected chi connectivity index (χ4v) is 4.10. The van der Waals surface area contributed by atoms with Gasteiger partial charge in [-0.25, -0.2) is 0 Å². The van der Waals surface area contributed by atoms with Crippen LogP contribution >= 0.6 is 11.3 Å². The number of carbonyl (C=O) groups excluding carboxylic acids is 1. The Hall–Kier alpha value is -1.41. The lowest BCUT2D eigenvalue weighted by Crippen LogP contribution is -2.02. The maximum Gasteiger partial charge on any atom is 0.177 e. The smallest absolute Gasteiger partial charge is 0.177 e. The van der Waals surface area contributed by atoms with Crippen LogP contribution in [-0.2, 0) is 19.3 Å². The second kappa shape index (κ2) is 4.93. The highest BCUT2D eigenvalue weighted by atomic mass is 32.1. The third kappa shape index (κ3) is 2.64. The lowest BCUT2D eigenvalue weighted by atomic mass is 10.0. The monoisotopic (exact) mass is 270 g/mol. The molecule has 0 saturated carbocycles. The number of ketones is 1. The molecule has 2 heteroatoms. The van der Waals surface area contributed by atoms with Gasteiger partial charge in [-0.1, -0.05) is 29.3 Å². The number of hydrogen-bond donors (Lipinski definition) is 0. The fraction of sp³-hybridized carbons (Fsp3) is 0.353. The number of Topliss-reactive ketones (excluding diaryl/α,β-unsaturated/α-hetero) is 1. The van der Waals surface area contributed by atoms with E-state index in [1.54, 1.807) is 11.3 Å². The molecule has 19 heavy (non-hydrogen) atoms. The quantitative estimate of drug-likeness (QED) is 0.761. The zero-order valence-electron chi connectivity index (χ0n) is 11.5. The number of thiophene rings is 1. The Morgan fingerprint density at radius 2 is 1.84 bits per heavy atom. The number of carbonyl (C=O) groups is 1. The molecule has 1 heterocycles. The Bertz CT molecular complexity index is 595. The van der Waals surface area contributed by atoms with E-state index in [9.17, 15) is 4.79 Å². The van der Waals surface area contributed by atoms with Gasteiger partial charge in [-0.05, 0) is 50.3 Å². The predicted octanol–water partition coefficient (Wildman–Crippen LogP) is 4.28. The van der Waals surface area contributed by atoms with Crippen molar-refractivity contribution >= 4 is 17.1 Å². The minimum Gasteiger partial charge on any atom is -0.293 e. The summed E-state index contributed by atoms with van der Waals surface area (Å²) in [6.45, 7) is 4.17. The van der Waals surface area contributed by atoms with E-state index >= 15 is 0 Å². The lowest BCUT2D eigenvalue weighted by Gasteiger charge is -2.03. The van der Waals surface area contributed by atoms with E-state index in [1.165, 1.54) is 28.0 Å². The largest absolute Gasteiger partial charge is 0.293 e. The van der Waals surface area contributed by atoms with Gasteiger partial charge in [-0.3, -0.25) is 4.79 Å². The van der Waals surface area contributed by atoms with Crippen molar-refractivity contribution in [2.45, 2.75) is 39.5 Å². The number of hydrogen-bond acceptors (Lipinski definition) is 2. The van der Waals surface area contributed by atoms with E-state index in [-0.39, 0.29) is 5.78 Å². The summed E-state index contributed by atoms with van der Waals surface area (Å²) in [5.41, 5.74) is 5.01. The summed E-state index contributed by atoms with van der Waals surface area (Å²) in [6.07, 6.45) is 4.11. The van der Waals surface area contributed by atoms with Crippen LogP contribution < -0.4 is 0 Å². The Morgan fingerprint density at radius 3 is 2.53 bits per heavy atom. The van der Waals surface area contributed by atoms with Crippen LogP contribution in [0.5, 0.6) is 0 Å². The molecule has 0 saturated heterocycles. The molecule has 1 aliphatic carbocycles. The number of benzene rings is 1. The second-order valence-electron chi connectivity index (χ2n) is 5.51. The highest BCUT2D eigenvalue weighted by Crippen LogP contribution is 2.31. The van der Waals surface area contributed by atoms with Crippen LogP contribution in [0.3, 0.4) is 0 Å². The van der Waals surface area contributed by atoms with E-state index in [0.717, 1.165) is 23.3 Å². The lowest BCUT2D eigenvalue weighted by molar-refractivity contribution is 0.0997. The summed E-state index contributed by atoms with van der Waals surface area (Å²) >= 11 is 1.71. The summed E-state index contributed by atoms with van der Waals surface area (Å²) in [5, 5.41) is 0. The van der Waals surface area contributed by atoms with Gasteiger partial charge in [0, 0.05) is 11.3 Å². The fourth-order valence-electron chi connectivity index (χ4n) is 2.91. The average molecular weight is 270 g/mol. The molecule has 0 bridgehead atoms. The molecule has 0 atom stereocenters. The SMILES string of the molecule is Cc1cc(C)cc(CC(=O)c2cc3c(s2)CCC3)c1. The molecule has 98 valence electrons. The van der Waals surface area contributed by atoms with Crippen molar-refractivity contribution in [3.05, 3.63) is 56.3 Å². The summed E-state index contributed by atoms with van der Waals surface area (Å²) in [5.74, 6) is 0.268. The summed E-state index contributed by atoms with van der Waals surface area (Å²) < 4.78 is 0. The van der Waals surface area contributed by atoms with Crippen LogP contribution in [0.15, 0.2) is 24.3 Å². The molecule has 0 fully saturated rings. The van der Waals surface area contributed by atoms with Gasteiger partial charge in [0.15, 0.2) is 5.78 Å². The third-order valence-electron chi connectivity index (χ3n) is 3.67. The van der Waals surface area contributed by atoms with Crippen molar-refractivity contribution in [1.82, 2.24) is 0 Å². The van der Waals surface area contributed by atoms with Gasteiger partial charge in [0.05, 0.1) is 4.88 Å². The molecule has 0 aliphatic heterocycles. The van der Waals surface area contributed by atoms with Gasteiger partial charge in [-0.2, -0.15) is 0 Å². The third-order valence-corrected chi connectivity index (χ3v) is 4.95. The molecule has 1 nitrogen and oxygen atoms in total. The van der Waals surface area contributed by atoms with E-state index in [0.29, 0.717) is 6.42 Å². The summed E-state index contributed by atoms with van der Waals surface area (Å²) in [7, 11) is 0. The zero-order valence-corrected chi connectivity index (χ0v) is 12.3.